The summed E-state index contributed by atoms with van der Waals surface area (Å²) in [6.07, 6.45) is 13.3. The quantitative estimate of drug-likeness (QED) is 0.0292. The van der Waals surface area contributed by atoms with E-state index in [9.17, 15) is 63.0 Å². The van der Waals surface area contributed by atoms with Crippen LogP contribution in [0.3, 0.4) is 0 Å². The first-order chi connectivity index (χ1) is 40.4. The minimum Gasteiger partial charge on any atom is -0.481 e. The van der Waals surface area contributed by atoms with Crippen LogP contribution in [0.2, 0.25) is 0 Å². The lowest BCUT2D eigenvalue weighted by molar-refractivity contribution is -0.165. The molecule has 2 aromatic rings. The minimum atomic E-state index is -1.52. The molecule has 0 bridgehead atoms. The topological polar surface area (TPSA) is 367 Å². The summed E-state index contributed by atoms with van der Waals surface area (Å²) < 4.78 is 25.2. The highest BCUT2D eigenvalue weighted by Crippen LogP contribution is 2.17. The molecule has 6 N–H and O–H groups in total. The van der Waals surface area contributed by atoms with Gasteiger partial charge in [-0.25, -0.2) is 24.4 Å². The van der Waals surface area contributed by atoms with Crippen LogP contribution in [0.1, 0.15) is 185 Å². The number of urea groups is 1. The van der Waals surface area contributed by atoms with Crippen LogP contribution in [0, 0.1) is 0 Å². The van der Waals surface area contributed by atoms with Gasteiger partial charge < -0.3 is 69.2 Å². The van der Waals surface area contributed by atoms with Crippen molar-refractivity contribution >= 4 is 65.5 Å². The first-order valence-corrected chi connectivity index (χ1v) is 29.5. The predicted molar refractivity (Wildman–Crippen MR) is 315 cm³/mol. The van der Waals surface area contributed by atoms with Crippen LogP contribution in [-0.4, -0.2) is 188 Å². The molecule has 0 aromatic carbocycles. The highest BCUT2D eigenvalue weighted by atomic mass is 16.6. The lowest BCUT2D eigenvalue weighted by Crippen LogP contribution is -2.51. The Hall–Kier alpha value is -7.65. The smallest absolute Gasteiger partial charge is 0.326 e. The molecule has 28 heteroatoms. The highest BCUT2D eigenvalue weighted by Gasteiger charge is 2.31. The van der Waals surface area contributed by atoms with Gasteiger partial charge in [0, 0.05) is 44.2 Å². The molecule has 0 spiro atoms. The molecule has 0 saturated heterocycles. The van der Waals surface area contributed by atoms with Crippen LogP contribution >= 0.6 is 0 Å². The summed E-state index contributed by atoms with van der Waals surface area (Å²) in [5.74, 6) is -7.18. The zero-order chi connectivity index (χ0) is 65.7. The molecule has 2 atom stereocenters. The van der Waals surface area contributed by atoms with Gasteiger partial charge in [-0.15, -0.1) is 0 Å². The first kappa shape index (κ1) is 75.4. The van der Waals surface area contributed by atoms with Gasteiger partial charge in [-0.05, 0) is 128 Å². The van der Waals surface area contributed by atoms with Crippen LogP contribution in [0.15, 0.2) is 24.8 Å². The second-order valence-electron chi connectivity index (χ2n) is 25.3. The molecule has 0 saturated carbocycles. The van der Waals surface area contributed by atoms with Crippen molar-refractivity contribution in [2.45, 2.75) is 234 Å². The van der Waals surface area contributed by atoms with E-state index in [-0.39, 0.29) is 51.5 Å². The number of rotatable bonds is 39. The molecule has 0 aliphatic carbocycles. The highest BCUT2D eigenvalue weighted by molar-refractivity contribution is 5.88. The van der Waals surface area contributed by atoms with E-state index < -0.39 is 127 Å². The maximum atomic E-state index is 14.0. The number of ether oxygens (including phenoxy) is 4. The summed E-state index contributed by atoms with van der Waals surface area (Å²) >= 11 is 0. The van der Waals surface area contributed by atoms with Crippen molar-refractivity contribution < 1.29 is 87.0 Å². The average molecular weight is 1230 g/mol. The summed E-state index contributed by atoms with van der Waals surface area (Å²) in [4.78, 5) is 152. The third-order valence-electron chi connectivity index (χ3n) is 12.3. The SMILES string of the molecule is CC(C)(C)OC(=O)CN(CC(=O)OC(C)(C)C)C(=O)Cn1ccnc1CN(CCCCCCCCCCC(=O)NCCCCC(NC(=O)NC(CCC(=O)O)C(=O)O)C(=O)O)Cc1nccn1CC(=O)N(CC(=O)OC(C)(C)C)CC(=O)OC(C)(C)C. The van der Waals surface area contributed by atoms with Crippen molar-refractivity contribution in [2.24, 2.45) is 0 Å². The van der Waals surface area contributed by atoms with E-state index in [0.29, 0.717) is 43.9 Å². The summed E-state index contributed by atoms with van der Waals surface area (Å²) in [6.45, 7) is 19.0. The molecule has 2 rings (SSSR count). The third kappa shape index (κ3) is 34.9. The summed E-state index contributed by atoms with van der Waals surface area (Å²) in [6, 6.07) is -3.90. The van der Waals surface area contributed by atoms with Crippen molar-refractivity contribution in [3.8, 4) is 0 Å². The van der Waals surface area contributed by atoms with Crippen molar-refractivity contribution in [3.63, 3.8) is 0 Å². The third-order valence-corrected chi connectivity index (χ3v) is 12.3. The molecule has 0 radical (unpaired) electrons. The zero-order valence-corrected chi connectivity index (χ0v) is 53.0. The lowest BCUT2D eigenvalue weighted by atomic mass is 10.1. The molecular weight excluding hydrogens is 1140 g/mol. The monoisotopic (exact) mass is 1230 g/mol. The zero-order valence-electron chi connectivity index (χ0n) is 53.0. The standard InChI is InChI=1S/C59H96N10O18/c1-56(2,3)84-49(75)37-68(38-50(76)85-57(4,5)6)46(71)35-66-31-28-60-43(66)33-65(34-44-61-29-32-67(44)36-47(72)69(39-51(77)86-58(7,8)9)40-52(78)87-59(10,11)12)30-22-18-16-14-13-15-17-19-24-45(70)62-27-21-20-23-41(53(79)80)63-55(83)64-42(54(81)82)25-26-48(73)74/h28-29,31-32,41-42H,13-27,30,33-40H2,1-12H3,(H,62,70)(H,73,74)(H,79,80)(H,81,82)(H2,63,64,83). The molecule has 490 valence electrons. The summed E-state index contributed by atoms with van der Waals surface area (Å²) in [5.41, 5.74) is -3.40. The molecule has 28 nitrogen and oxygen atoms in total. The van der Waals surface area contributed by atoms with Gasteiger partial charge in [0.25, 0.3) is 0 Å². The number of aliphatic carboxylic acids is 3. The van der Waals surface area contributed by atoms with E-state index >= 15 is 0 Å². The average Bonchev–Trinajstić information content (AvgIpc) is 2.92. The fourth-order valence-electron chi connectivity index (χ4n) is 8.57. The van der Waals surface area contributed by atoms with Crippen LogP contribution in [0.4, 0.5) is 4.79 Å². The van der Waals surface area contributed by atoms with Gasteiger partial charge in [0.05, 0.1) is 13.1 Å². The van der Waals surface area contributed by atoms with Crippen LogP contribution in [0.5, 0.6) is 0 Å². The number of hydrogen-bond acceptors (Lipinski definition) is 18. The van der Waals surface area contributed by atoms with Crippen LogP contribution < -0.4 is 16.0 Å². The van der Waals surface area contributed by atoms with E-state index in [1.165, 1.54) is 12.4 Å². The molecule has 0 aliphatic rings. The maximum Gasteiger partial charge on any atom is 0.326 e. The van der Waals surface area contributed by atoms with E-state index in [1.54, 1.807) is 105 Å². The Morgan fingerprint density at radius 1 is 0.494 bits per heavy atom. The Morgan fingerprint density at radius 3 is 1.23 bits per heavy atom. The van der Waals surface area contributed by atoms with Gasteiger partial charge >= 0.3 is 47.8 Å². The Bertz CT molecular complexity index is 2410. The number of nitrogens with zero attached hydrogens (tertiary/aromatic N) is 7. The molecule has 2 unspecified atom stereocenters. The summed E-state index contributed by atoms with van der Waals surface area (Å²) in [5, 5.41) is 34.7. The van der Waals surface area contributed by atoms with Gasteiger partial charge in [-0.1, -0.05) is 38.5 Å². The number of carbonyl (C=O) groups is 11. The number of hydrogen-bond donors (Lipinski definition) is 6. The largest absolute Gasteiger partial charge is 0.481 e. The molecule has 0 aliphatic heterocycles. The lowest BCUT2D eigenvalue weighted by Gasteiger charge is -2.27. The van der Waals surface area contributed by atoms with E-state index in [2.05, 4.69) is 30.8 Å². The van der Waals surface area contributed by atoms with Crippen LogP contribution in [-0.2, 0) is 93.1 Å². The maximum absolute atomic E-state index is 14.0. The molecule has 0 fully saturated rings. The second-order valence-corrected chi connectivity index (χ2v) is 25.3. The Balaban J connectivity index is 2.12. The van der Waals surface area contributed by atoms with Crippen molar-refractivity contribution in [1.29, 1.82) is 0 Å². The van der Waals surface area contributed by atoms with Gasteiger partial charge in [0.2, 0.25) is 17.7 Å². The van der Waals surface area contributed by atoms with Crippen LogP contribution in [0.25, 0.3) is 0 Å². The molecule has 5 amide bonds. The normalized spacial score (nSPS) is 12.5. The number of carbonyl (C=O) groups excluding carboxylic acids is 8. The molecule has 2 heterocycles. The Morgan fingerprint density at radius 2 is 0.862 bits per heavy atom. The first-order valence-electron chi connectivity index (χ1n) is 29.5. The number of unbranched alkanes of at least 4 members (excludes halogenated alkanes) is 8. The minimum absolute atomic E-state index is 0.0104. The van der Waals surface area contributed by atoms with E-state index in [0.717, 1.165) is 54.7 Å². The van der Waals surface area contributed by atoms with Gasteiger partial charge in [-0.3, -0.25) is 43.3 Å². The Kier molecular flexibility index (Phi) is 31.6. The van der Waals surface area contributed by atoms with Crippen molar-refractivity contribution in [2.75, 3.05) is 39.3 Å². The number of imidazole rings is 2. The van der Waals surface area contributed by atoms with Gasteiger partial charge in [0.1, 0.15) is 85.4 Å². The fourth-order valence-corrected chi connectivity index (χ4v) is 8.57. The van der Waals surface area contributed by atoms with Crippen molar-refractivity contribution in [1.82, 2.24) is 49.8 Å². The number of esters is 4. The Labute approximate surface area is 510 Å². The van der Waals surface area contributed by atoms with E-state index in [4.69, 9.17) is 24.1 Å². The van der Waals surface area contributed by atoms with Gasteiger partial charge in [-0.2, -0.15) is 0 Å². The van der Waals surface area contributed by atoms with Gasteiger partial charge in [0.15, 0.2) is 0 Å². The number of aromatic nitrogens is 4. The number of carboxylic acid groups (broad SMARTS) is 3. The predicted octanol–water partition coefficient (Wildman–Crippen LogP) is 4.97. The molecule has 2 aromatic heterocycles. The fraction of sp³-hybridized carbons (Fsp3) is 0.712. The van der Waals surface area contributed by atoms with E-state index in [1.807, 2.05) is 0 Å². The number of amides is 5. The van der Waals surface area contributed by atoms with Crippen molar-refractivity contribution in [3.05, 3.63) is 36.4 Å². The number of carboxylic acids is 3. The molecule has 87 heavy (non-hydrogen) atoms. The number of nitrogens with one attached hydrogen (secondary N) is 3. The second kappa shape index (κ2) is 36.5. The molecular formula is C59H96N10O18. The summed E-state index contributed by atoms with van der Waals surface area (Å²) in [7, 11) is 0.